The Morgan fingerprint density at radius 3 is 3.00 bits per heavy atom. The Hall–Kier alpha value is -1.97. The van der Waals surface area contributed by atoms with E-state index in [9.17, 15) is 9.90 Å². The molecule has 0 unspecified atom stereocenters. The third kappa shape index (κ3) is 2.16. The van der Waals surface area contributed by atoms with Crippen LogP contribution in [0.15, 0.2) is 30.5 Å². The topological polar surface area (TPSA) is 51.5 Å². The van der Waals surface area contributed by atoms with E-state index in [4.69, 9.17) is 4.74 Å². The van der Waals surface area contributed by atoms with Gasteiger partial charge >= 0.3 is 5.97 Å². The highest BCUT2D eigenvalue weighted by Crippen LogP contribution is 2.20. The van der Waals surface area contributed by atoms with Gasteiger partial charge in [-0.15, -0.1) is 0 Å². The summed E-state index contributed by atoms with van der Waals surface area (Å²) < 4.78 is 6.81. The highest BCUT2D eigenvalue weighted by Gasteiger charge is 2.02. The minimum absolute atomic E-state index is 0.236. The highest BCUT2D eigenvalue weighted by molar-refractivity contribution is 5.81. The fourth-order valence-electron chi connectivity index (χ4n) is 1.66. The van der Waals surface area contributed by atoms with E-state index in [2.05, 4.69) is 0 Å². The molecule has 2 aromatic rings. The van der Waals surface area contributed by atoms with Gasteiger partial charge in [0, 0.05) is 19.2 Å². The zero-order valence-corrected chi connectivity index (χ0v) is 9.01. The molecule has 84 valence electrons. The van der Waals surface area contributed by atoms with Crippen LogP contribution in [0.4, 0.5) is 0 Å². The third-order valence-electron chi connectivity index (χ3n) is 2.40. The quantitative estimate of drug-likeness (QED) is 0.802. The van der Waals surface area contributed by atoms with Gasteiger partial charge in [0.2, 0.25) is 0 Å². The van der Waals surface area contributed by atoms with E-state index in [1.807, 2.05) is 22.9 Å². The fourth-order valence-corrected chi connectivity index (χ4v) is 1.66. The molecule has 0 atom stereocenters. The average molecular weight is 219 g/mol. The zero-order valence-electron chi connectivity index (χ0n) is 9.01. The number of hydrogen-bond donors (Lipinski definition) is 1. The molecular weight excluding hydrogens is 206 g/mol. The molecule has 0 radical (unpaired) electrons. The van der Waals surface area contributed by atoms with Crippen molar-refractivity contribution in [3.63, 3.8) is 0 Å². The first-order valence-electron chi connectivity index (χ1n) is 5.08. The van der Waals surface area contributed by atoms with E-state index in [0.717, 1.165) is 10.9 Å². The van der Waals surface area contributed by atoms with Crippen LogP contribution in [0.25, 0.3) is 10.9 Å². The summed E-state index contributed by atoms with van der Waals surface area (Å²) >= 11 is 0. The van der Waals surface area contributed by atoms with Gasteiger partial charge in [-0.05, 0) is 23.6 Å². The Labute approximate surface area is 93.1 Å². The second-order valence-electron chi connectivity index (χ2n) is 3.59. The molecule has 0 amide bonds. The summed E-state index contributed by atoms with van der Waals surface area (Å²) in [6.45, 7) is 2.32. The molecule has 0 saturated heterocycles. The Morgan fingerprint density at radius 1 is 1.44 bits per heavy atom. The van der Waals surface area contributed by atoms with Crippen molar-refractivity contribution in [1.29, 1.82) is 0 Å². The van der Waals surface area contributed by atoms with Crippen LogP contribution in [0.2, 0.25) is 0 Å². The van der Waals surface area contributed by atoms with Gasteiger partial charge in [0.1, 0.15) is 12.4 Å². The molecule has 0 aliphatic carbocycles. The van der Waals surface area contributed by atoms with Crippen molar-refractivity contribution in [1.82, 2.24) is 4.57 Å². The number of carbonyl (C=O) groups excluding carboxylic acids is 1. The number of ether oxygens (including phenoxy) is 1. The van der Waals surface area contributed by atoms with Crippen LogP contribution < -0.4 is 0 Å². The van der Waals surface area contributed by atoms with Crippen molar-refractivity contribution in [2.45, 2.75) is 13.5 Å². The largest absolute Gasteiger partial charge is 0.508 e. The van der Waals surface area contributed by atoms with Gasteiger partial charge in [-0.1, -0.05) is 0 Å². The SMILES string of the molecule is CC(=O)OCCn1ccc2ccc(O)cc21. The fraction of sp³-hybridized carbons (Fsp3) is 0.250. The van der Waals surface area contributed by atoms with Crippen LogP contribution in [0.5, 0.6) is 5.75 Å². The van der Waals surface area contributed by atoms with Crippen molar-refractivity contribution in [2.75, 3.05) is 6.61 Å². The van der Waals surface area contributed by atoms with Gasteiger partial charge in [0.05, 0.1) is 12.1 Å². The molecule has 0 fully saturated rings. The van der Waals surface area contributed by atoms with E-state index < -0.39 is 0 Å². The lowest BCUT2D eigenvalue weighted by molar-refractivity contribution is -0.141. The van der Waals surface area contributed by atoms with Gasteiger partial charge in [-0.2, -0.15) is 0 Å². The van der Waals surface area contributed by atoms with Gasteiger partial charge in [-0.3, -0.25) is 4.79 Å². The van der Waals surface area contributed by atoms with Crippen molar-refractivity contribution in [3.8, 4) is 5.75 Å². The maximum absolute atomic E-state index is 10.6. The molecule has 0 aliphatic heterocycles. The minimum Gasteiger partial charge on any atom is -0.508 e. The summed E-state index contributed by atoms with van der Waals surface area (Å²) in [5.74, 6) is -0.0424. The highest BCUT2D eigenvalue weighted by atomic mass is 16.5. The van der Waals surface area contributed by atoms with Crippen LogP contribution >= 0.6 is 0 Å². The Balaban J connectivity index is 2.17. The van der Waals surface area contributed by atoms with Gasteiger partial charge < -0.3 is 14.4 Å². The predicted octanol–water partition coefficient (Wildman–Crippen LogP) is 1.91. The summed E-state index contributed by atoms with van der Waals surface area (Å²) in [6, 6.07) is 7.16. The molecule has 1 aromatic carbocycles. The standard InChI is InChI=1S/C12H13NO3/c1-9(14)16-7-6-13-5-4-10-2-3-11(15)8-12(10)13/h2-5,8,15H,6-7H2,1H3. The second-order valence-corrected chi connectivity index (χ2v) is 3.59. The number of fused-ring (bicyclic) bond motifs is 1. The molecular formula is C12H13NO3. The molecule has 0 saturated carbocycles. The minimum atomic E-state index is -0.278. The molecule has 1 N–H and O–H groups in total. The number of aromatic hydroxyl groups is 1. The number of phenols is 1. The first-order chi connectivity index (χ1) is 7.66. The van der Waals surface area contributed by atoms with Crippen LogP contribution in [-0.4, -0.2) is 22.2 Å². The normalized spacial score (nSPS) is 10.6. The Morgan fingerprint density at radius 2 is 2.25 bits per heavy atom. The lowest BCUT2D eigenvalue weighted by Gasteiger charge is -2.05. The Kier molecular flexibility index (Phi) is 2.81. The number of nitrogens with zero attached hydrogens (tertiary/aromatic N) is 1. The van der Waals surface area contributed by atoms with Gasteiger partial charge in [-0.25, -0.2) is 0 Å². The van der Waals surface area contributed by atoms with E-state index in [1.54, 1.807) is 12.1 Å². The van der Waals surface area contributed by atoms with Gasteiger partial charge in [0.15, 0.2) is 0 Å². The molecule has 0 aliphatic rings. The molecule has 2 rings (SSSR count). The lowest BCUT2D eigenvalue weighted by Crippen LogP contribution is -2.07. The number of hydrogen-bond acceptors (Lipinski definition) is 3. The molecule has 1 heterocycles. The van der Waals surface area contributed by atoms with Crippen LogP contribution in [0, 0.1) is 0 Å². The first kappa shape index (κ1) is 10.5. The molecule has 4 heteroatoms. The number of carbonyl (C=O) groups is 1. The number of aromatic nitrogens is 1. The van der Waals surface area contributed by atoms with Crippen LogP contribution in [0.3, 0.4) is 0 Å². The summed E-state index contributed by atoms with van der Waals surface area (Å²) in [6.07, 6.45) is 1.91. The maximum Gasteiger partial charge on any atom is 0.302 e. The molecule has 16 heavy (non-hydrogen) atoms. The van der Waals surface area contributed by atoms with Crippen molar-refractivity contribution in [2.24, 2.45) is 0 Å². The molecule has 0 bridgehead atoms. The summed E-state index contributed by atoms with van der Waals surface area (Å²) in [5.41, 5.74) is 0.937. The number of phenolic OH excluding ortho intramolecular Hbond substituents is 1. The lowest BCUT2D eigenvalue weighted by atomic mass is 10.2. The van der Waals surface area contributed by atoms with E-state index >= 15 is 0 Å². The summed E-state index contributed by atoms with van der Waals surface area (Å²) in [7, 11) is 0. The first-order valence-corrected chi connectivity index (χ1v) is 5.08. The van der Waals surface area contributed by atoms with Crippen LogP contribution in [0.1, 0.15) is 6.92 Å². The monoisotopic (exact) mass is 219 g/mol. The van der Waals surface area contributed by atoms with E-state index in [0.29, 0.717) is 13.2 Å². The van der Waals surface area contributed by atoms with Gasteiger partial charge in [0.25, 0.3) is 0 Å². The number of esters is 1. The van der Waals surface area contributed by atoms with E-state index in [1.165, 1.54) is 6.92 Å². The Bertz CT molecular complexity index is 516. The second kappa shape index (κ2) is 4.26. The zero-order chi connectivity index (χ0) is 11.5. The van der Waals surface area contributed by atoms with Crippen molar-refractivity contribution < 1.29 is 14.6 Å². The predicted molar refractivity (Wildman–Crippen MR) is 60.2 cm³/mol. The van der Waals surface area contributed by atoms with Crippen molar-refractivity contribution >= 4 is 16.9 Å². The third-order valence-corrected chi connectivity index (χ3v) is 2.40. The molecule has 0 spiro atoms. The summed E-state index contributed by atoms with van der Waals surface area (Å²) in [4.78, 5) is 10.6. The molecule has 4 nitrogen and oxygen atoms in total. The van der Waals surface area contributed by atoms with Crippen LogP contribution in [-0.2, 0) is 16.1 Å². The van der Waals surface area contributed by atoms with E-state index in [-0.39, 0.29) is 11.7 Å². The average Bonchev–Trinajstić information content (AvgIpc) is 2.60. The van der Waals surface area contributed by atoms with Crippen molar-refractivity contribution in [3.05, 3.63) is 30.5 Å². The number of benzene rings is 1. The smallest absolute Gasteiger partial charge is 0.302 e. The number of rotatable bonds is 3. The summed E-state index contributed by atoms with van der Waals surface area (Å²) in [5, 5.41) is 10.4. The molecule has 1 aromatic heterocycles. The maximum atomic E-state index is 10.6.